The molecule has 0 saturated heterocycles. The third kappa shape index (κ3) is 2.71. The maximum atomic E-state index is 11.7. The zero-order valence-corrected chi connectivity index (χ0v) is 10.7. The molecule has 0 aliphatic carbocycles. The van der Waals surface area contributed by atoms with Gasteiger partial charge in [-0.05, 0) is 18.6 Å². The predicted molar refractivity (Wildman–Crippen MR) is 69.6 cm³/mol. The lowest BCUT2D eigenvalue weighted by Gasteiger charge is -1.98. The Labute approximate surface area is 110 Å². The Kier molecular flexibility index (Phi) is 3.99. The number of rotatable bonds is 4. The minimum Gasteiger partial charge on any atom is -0.355 e. The van der Waals surface area contributed by atoms with E-state index in [4.69, 9.17) is 16.1 Å². The Balaban J connectivity index is 2.21. The van der Waals surface area contributed by atoms with Crippen LogP contribution in [-0.2, 0) is 0 Å². The van der Waals surface area contributed by atoms with Crippen LogP contribution in [0.25, 0.3) is 11.3 Å². The Bertz CT molecular complexity index is 551. The van der Waals surface area contributed by atoms with Crippen LogP contribution in [0.4, 0.5) is 0 Å². The number of carbonyl (C=O) groups is 1. The van der Waals surface area contributed by atoms with Crippen LogP contribution in [-0.4, -0.2) is 17.6 Å². The summed E-state index contributed by atoms with van der Waals surface area (Å²) in [6.07, 6.45) is 0.876. The van der Waals surface area contributed by atoms with E-state index >= 15 is 0 Å². The zero-order valence-electron chi connectivity index (χ0n) is 9.94. The molecule has 1 heterocycles. The van der Waals surface area contributed by atoms with Crippen LogP contribution in [0.5, 0.6) is 0 Å². The fraction of sp³-hybridized carbons (Fsp3) is 0.231. The molecule has 1 amide bonds. The monoisotopic (exact) mass is 264 g/mol. The predicted octanol–water partition coefficient (Wildman–Crippen LogP) is 3.13. The number of nitrogens with one attached hydrogen (secondary N) is 1. The highest BCUT2D eigenvalue weighted by atomic mass is 35.5. The van der Waals surface area contributed by atoms with Crippen molar-refractivity contribution in [2.75, 3.05) is 6.54 Å². The molecular formula is C13H13ClN2O2. The summed E-state index contributed by atoms with van der Waals surface area (Å²) < 4.78 is 5.14. The molecule has 1 N–H and O–H groups in total. The van der Waals surface area contributed by atoms with Gasteiger partial charge in [0.2, 0.25) is 0 Å². The number of nitrogens with zero attached hydrogens (tertiary/aromatic N) is 1. The van der Waals surface area contributed by atoms with Crippen molar-refractivity contribution in [2.24, 2.45) is 0 Å². The van der Waals surface area contributed by atoms with Gasteiger partial charge in [-0.2, -0.15) is 0 Å². The summed E-state index contributed by atoms with van der Waals surface area (Å²) >= 11 is 6.04. The van der Waals surface area contributed by atoms with Gasteiger partial charge in [0, 0.05) is 18.2 Å². The van der Waals surface area contributed by atoms with Crippen LogP contribution in [0.3, 0.4) is 0 Å². The number of hydrogen-bond acceptors (Lipinski definition) is 3. The smallest absolute Gasteiger partial charge is 0.273 e. The van der Waals surface area contributed by atoms with Gasteiger partial charge in [0.15, 0.2) is 11.5 Å². The van der Waals surface area contributed by atoms with Crippen molar-refractivity contribution in [3.8, 4) is 11.3 Å². The molecule has 0 fully saturated rings. The molecule has 0 radical (unpaired) electrons. The lowest BCUT2D eigenvalue weighted by molar-refractivity contribution is 0.0944. The van der Waals surface area contributed by atoms with Crippen molar-refractivity contribution in [2.45, 2.75) is 13.3 Å². The fourth-order valence-corrected chi connectivity index (χ4v) is 1.73. The van der Waals surface area contributed by atoms with Crippen LogP contribution in [0, 0.1) is 0 Å². The maximum absolute atomic E-state index is 11.7. The number of halogens is 1. The molecule has 5 heteroatoms. The van der Waals surface area contributed by atoms with Crippen molar-refractivity contribution >= 4 is 17.5 Å². The lowest BCUT2D eigenvalue weighted by Crippen LogP contribution is -2.24. The summed E-state index contributed by atoms with van der Waals surface area (Å²) in [6.45, 7) is 2.60. The molecule has 0 spiro atoms. The first kappa shape index (κ1) is 12.6. The van der Waals surface area contributed by atoms with Crippen LogP contribution in [0.1, 0.15) is 23.8 Å². The van der Waals surface area contributed by atoms with Crippen molar-refractivity contribution in [1.29, 1.82) is 0 Å². The zero-order chi connectivity index (χ0) is 13.0. The van der Waals surface area contributed by atoms with Crippen molar-refractivity contribution in [1.82, 2.24) is 10.5 Å². The van der Waals surface area contributed by atoms with E-state index in [0.717, 1.165) is 12.0 Å². The van der Waals surface area contributed by atoms with Crippen molar-refractivity contribution in [3.63, 3.8) is 0 Å². The van der Waals surface area contributed by atoms with Crippen LogP contribution in [0.2, 0.25) is 5.02 Å². The molecule has 0 atom stereocenters. The van der Waals surface area contributed by atoms with Gasteiger partial charge in [-0.15, -0.1) is 0 Å². The van der Waals surface area contributed by atoms with E-state index < -0.39 is 0 Å². The van der Waals surface area contributed by atoms with Gasteiger partial charge in [-0.25, -0.2) is 0 Å². The summed E-state index contributed by atoms with van der Waals surface area (Å²) in [6, 6.07) is 8.84. The van der Waals surface area contributed by atoms with E-state index in [1.54, 1.807) is 12.1 Å². The highest BCUT2D eigenvalue weighted by Gasteiger charge is 2.14. The number of amides is 1. The first-order valence-electron chi connectivity index (χ1n) is 5.72. The number of hydrogen-bond donors (Lipinski definition) is 1. The summed E-state index contributed by atoms with van der Waals surface area (Å²) in [5.41, 5.74) is 0.986. The Morgan fingerprint density at radius 2 is 2.22 bits per heavy atom. The second-order valence-corrected chi connectivity index (χ2v) is 4.22. The van der Waals surface area contributed by atoms with Gasteiger partial charge in [-0.3, -0.25) is 4.79 Å². The highest BCUT2D eigenvalue weighted by Crippen LogP contribution is 2.27. The van der Waals surface area contributed by atoms with E-state index in [2.05, 4.69) is 10.5 Å². The molecule has 0 saturated carbocycles. The van der Waals surface area contributed by atoms with Crippen molar-refractivity contribution in [3.05, 3.63) is 41.0 Å². The Morgan fingerprint density at radius 1 is 1.44 bits per heavy atom. The van der Waals surface area contributed by atoms with Gasteiger partial charge < -0.3 is 9.84 Å². The van der Waals surface area contributed by atoms with Gasteiger partial charge in [-0.1, -0.05) is 35.8 Å². The summed E-state index contributed by atoms with van der Waals surface area (Å²) in [5.74, 6) is 0.251. The van der Waals surface area contributed by atoms with E-state index in [1.807, 2.05) is 25.1 Å². The molecule has 18 heavy (non-hydrogen) atoms. The second-order valence-electron chi connectivity index (χ2n) is 3.81. The molecule has 1 aromatic heterocycles. The quantitative estimate of drug-likeness (QED) is 0.923. The third-order valence-corrected chi connectivity index (χ3v) is 2.75. The second kappa shape index (κ2) is 5.69. The third-order valence-electron chi connectivity index (χ3n) is 2.42. The molecule has 4 nitrogen and oxygen atoms in total. The molecule has 94 valence electrons. The molecule has 0 bridgehead atoms. The van der Waals surface area contributed by atoms with Crippen LogP contribution >= 0.6 is 11.6 Å². The van der Waals surface area contributed by atoms with Crippen LogP contribution in [0.15, 0.2) is 34.9 Å². The minimum absolute atomic E-state index is 0.237. The largest absolute Gasteiger partial charge is 0.355 e. The summed E-state index contributed by atoms with van der Waals surface area (Å²) in [4.78, 5) is 11.7. The molecule has 0 aliphatic heterocycles. The fourth-order valence-electron chi connectivity index (χ4n) is 1.50. The van der Waals surface area contributed by atoms with E-state index in [0.29, 0.717) is 17.3 Å². The Morgan fingerprint density at radius 3 is 2.94 bits per heavy atom. The Hall–Kier alpha value is -1.81. The van der Waals surface area contributed by atoms with Gasteiger partial charge in [0.25, 0.3) is 5.91 Å². The first-order chi connectivity index (χ1) is 8.72. The number of carbonyl (C=O) groups excluding carboxylic acids is 1. The number of benzene rings is 1. The standard InChI is InChI=1S/C13H13ClN2O2/c1-2-7-15-13(17)11-8-12(18-16-11)9-5-3-4-6-10(9)14/h3-6,8H,2,7H2,1H3,(H,15,17). The van der Waals surface area contributed by atoms with Crippen LogP contribution < -0.4 is 5.32 Å². The molecule has 2 aromatic rings. The minimum atomic E-state index is -0.237. The topological polar surface area (TPSA) is 55.1 Å². The number of aromatic nitrogens is 1. The SMILES string of the molecule is CCCNC(=O)c1cc(-c2ccccc2Cl)on1. The van der Waals surface area contributed by atoms with Gasteiger partial charge in [0.1, 0.15) is 0 Å². The van der Waals surface area contributed by atoms with E-state index in [-0.39, 0.29) is 11.6 Å². The van der Waals surface area contributed by atoms with Gasteiger partial charge >= 0.3 is 0 Å². The molecular weight excluding hydrogens is 252 g/mol. The molecule has 1 aromatic carbocycles. The first-order valence-corrected chi connectivity index (χ1v) is 6.10. The lowest BCUT2D eigenvalue weighted by atomic mass is 10.1. The average molecular weight is 265 g/mol. The summed E-state index contributed by atoms with van der Waals surface area (Å²) in [7, 11) is 0. The average Bonchev–Trinajstić information content (AvgIpc) is 2.86. The van der Waals surface area contributed by atoms with E-state index in [9.17, 15) is 4.79 Å². The molecule has 0 unspecified atom stereocenters. The van der Waals surface area contributed by atoms with Gasteiger partial charge in [0.05, 0.1) is 5.02 Å². The summed E-state index contributed by atoms with van der Waals surface area (Å²) in [5, 5.41) is 7.04. The maximum Gasteiger partial charge on any atom is 0.273 e. The molecule has 2 rings (SSSR count). The van der Waals surface area contributed by atoms with E-state index in [1.165, 1.54) is 0 Å². The molecule has 0 aliphatic rings. The highest BCUT2D eigenvalue weighted by molar-refractivity contribution is 6.33. The van der Waals surface area contributed by atoms with Crippen molar-refractivity contribution < 1.29 is 9.32 Å². The normalized spacial score (nSPS) is 10.3.